The standard InChI is InChI=1S/C22H19F3O3S3/c23-22(24,25)31(26,27)28-30(16-8-11-17-9-2-1-3-10-17)20-14-6-4-12-18(20)29-19-13-5-7-15-21(19)30/h1-7,9-10,12-15H,8,11,16H2. The Bertz CT molecular complexity index is 1130. The molecule has 3 aromatic rings. The van der Waals surface area contributed by atoms with E-state index in [9.17, 15) is 21.6 Å². The zero-order chi connectivity index (χ0) is 22.1. The fourth-order valence-corrected chi connectivity index (χ4v) is 10.4. The predicted octanol–water partition coefficient (Wildman–Crippen LogP) is 6.79. The van der Waals surface area contributed by atoms with E-state index in [1.807, 2.05) is 30.3 Å². The van der Waals surface area contributed by atoms with Crippen molar-refractivity contribution < 1.29 is 25.2 Å². The van der Waals surface area contributed by atoms with E-state index in [0.29, 0.717) is 32.4 Å². The monoisotopic (exact) mass is 484 g/mol. The Morgan fingerprint density at radius 3 is 1.87 bits per heavy atom. The van der Waals surface area contributed by atoms with E-state index < -0.39 is 25.9 Å². The van der Waals surface area contributed by atoms with Crippen LogP contribution in [-0.2, 0) is 20.2 Å². The molecule has 3 nitrogen and oxygen atoms in total. The van der Waals surface area contributed by atoms with Gasteiger partial charge < -0.3 is 0 Å². The second-order valence-electron chi connectivity index (χ2n) is 6.93. The van der Waals surface area contributed by atoms with Crippen molar-refractivity contribution in [1.29, 1.82) is 0 Å². The molecule has 1 heterocycles. The summed E-state index contributed by atoms with van der Waals surface area (Å²) >= 11 is 1.41. The van der Waals surface area contributed by atoms with Crippen LogP contribution in [0.4, 0.5) is 13.2 Å². The van der Waals surface area contributed by atoms with Crippen molar-refractivity contribution in [3.63, 3.8) is 0 Å². The molecule has 9 heteroatoms. The number of aryl methyl sites for hydroxylation is 1. The second kappa shape index (κ2) is 8.54. The minimum Gasteiger partial charge on any atom is -0.204 e. The summed E-state index contributed by atoms with van der Waals surface area (Å²) < 4.78 is 69.9. The highest BCUT2D eigenvalue weighted by Gasteiger charge is 2.53. The Balaban J connectivity index is 1.82. The summed E-state index contributed by atoms with van der Waals surface area (Å²) in [5.41, 5.74) is -4.47. The molecule has 31 heavy (non-hydrogen) atoms. The minimum atomic E-state index is -5.81. The topological polar surface area (TPSA) is 43.4 Å². The second-order valence-corrected chi connectivity index (χ2v) is 12.6. The minimum absolute atomic E-state index is 0.159. The molecule has 0 bridgehead atoms. The molecule has 164 valence electrons. The quantitative estimate of drug-likeness (QED) is 0.362. The van der Waals surface area contributed by atoms with Crippen LogP contribution in [0.25, 0.3) is 0 Å². The van der Waals surface area contributed by atoms with Gasteiger partial charge in [-0.2, -0.15) is 21.6 Å². The third kappa shape index (κ3) is 4.37. The predicted molar refractivity (Wildman–Crippen MR) is 117 cm³/mol. The molecule has 0 N–H and O–H groups in total. The summed E-state index contributed by atoms with van der Waals surface area (Å²) in [4.78, 5) is 2.46. The highest BCUT2D eigenvalue weighted by molar-refractivity contribution is 8.33. The molecule has 0 amide bonds. The number of rotatable bonds is 6. The SMILES string of the molecule is O=S(=O)(OS1(CCCc2ccccc2)c2ccccc2Sc2ccccc21)C(F)(F)F. The molecule has 4 rings (SSSR count). The zero-order valence-electron chi connectivity index (χ0n) is 16.2. The summed E-state index contributed by atoms with van der Waals surface area (Å²) in [7, 11) is -8.76. The average Bonchev–Trinajstić information content (AvgIpc) is 2.74. The number of halogens is 3. The van der Waals surface area contributed by atoms with Crippen LogP contribution in [0.2, 0.25) is 0 Å². The molecule has 1 aliphatic heterocycles. The number of fused-ring (bicyclic) bond motifs is 2. The van der Waals surface area contributed by atoms with Crippen molar-refractivity contribution in [2.75, 3.05) is 5.75 Å². The summed E-state index contributed by atoms with van der Waals surface area (Å²) in [6.07, 6.45) is 1.07. The van der Waals surface area contributed by atoms with Crippen molar-refractivity contribution >= 4 is 32.2 Å². The Labute approximate surface area is 185 Å². The van der Waals surface area contributed by atoms with Gasteiger partial charge in [-0.05, 0) is 42.7 Å². The van der Waals surface area contributed by atoms with Crippen molar-refractivity contribution in [3.05, 3.63) is 84.4 Å². The summed E-state index contributed by atoms with van der Waals surface area (Å²) in [6.45, 7) is 0. The van der Waals surface area contributed by atoms with Gasteiger partial charge in [0.1, 0.15) is 0 Å². The average molecular weight is 485 g/mol. The number of alkyl halides is 3. The van der Waals surface area contributed by atoms with Gasteiger partial charge in [-0.25, -0.2) is 3.63 Å². The number of hydrogen-bond donors (Lipinski definition) is 0. The largest absolute Gasteiger partial charge is 0.523 e. The lowest BCUT2D eigenvalue weighted by Gasteiger charge is -2.43. The lowest BCUT2D eigenvalue weighted by molar-refractivity contribution is -0.0496. The van der Waals surface area contributed by atoms with Gasteiger partial charge in [0.05, 0.1) is 0 Å². The van der Waals surface area contributed by atoms with Crippen LogP contribution in [0.15, 0.2) is 98.4 Å². The number of hydrogen-bond acceptors (Lipinski definition) is 4. The van der Waals surface area contributed by atoms with Gasteiger partial charge in [0.15, 0.2) is 0 Å². The van der Waals surface area contributed by atoms with Gasteiger partial charge >= 0.3 is 15.6 Å². The van der Waals surface area contributed by atoms with Gasteiger partial charge in [0.25, 0.3) is 0 Å². The van der Waals surface area contributed by atoms with Crippen molar-refractivity contribution in [2.24, 2.45) is 0 Å². The third-order valence-corrected chi connectivity index (χ3v) is 11.5. The fraction of sp³-hybridized carbons (Fsp3) is 0.182. The van der Waals surface area contributed by atoms with Crippen LogP contribution in [0.3, 0.4) is 0 Å². The molecular formula is C22H19F3O3S3. The smallest absolute Gasteiger partial charge is 0.204 e. The molecule has 1 aliphatic rings. The number of benzene rings is 3. The maximum atomic E-state index is 13.4. The molecular weight excluding hydrogens is 465 g/mol. The lowest BCUT2D eigenvalue weighted by Crippen LogP contribution is -2.29. The molecule has 0 saturated carbocycles. The Kier molecular flexibility index (Phi) is 6.13. The van der Waals surface area contributed by atoms with E-state index in [4.69, 9.17) is 3.63 Å². The van der Waals surface area contributed by atoms with Crippen molar-refractivity contribution in [2.45, 2.75) is 37.9 Å². The molecule has 0 radical (unpaired) electrons. The van der Waals surface area contributed by atoms with Gasteiger partial charge in [-0.3, -0.25) is 0 Å². The molecule has 0 saturated heterocycles. The van der Waals surface area contributed by atoms with Crippen LogP contribution in [0.1, 0.15) is 12.0 Å². The Morgan fingerprint density at radius 2 is 1.32 bits per heavy atom. The molecule has 3 aromatic carbocycles. The highest BCUT2D eigenvalue weighted by atomic mass is 32.3. The van der Waals surface area contributed by atoms with E-state index >= 15 is 0 Å². The van der Waals surface area contributed by atoms with Crippen LogP contribution in [0.5, 0.6) is 0 Å². The van der Waals surface area contributed by atoms with E-state index in [2.05, 4.69) is 0 Å². The van der Waals surface area contributed by atoms with Crippen LogP contribution in [-0.4, -0.2) is 19.7 Å². The van der Waals surface area contributed by atoms with Gasteiger partial charge in [-0.1, -0.05) is 76.7 Å². The maximum absolute atomic E-state index is 13.4. The van der Waals surface area contributed by atoms with E-state index in [1.54, 1.807) is 48.5 Å². The lowest BCUT2D eigenvalue weighted by atomic mass is 10.1. The van der Waals surface area contributed by atoms with E-state index in [0.717, 1.165) is 5.56 Å². The fourth-order valence-electron chi connectivity index (χ4n) is 3.49. The first-order chi connectivity index (χ1) is 14.7. The first-order valence-electron chi connectivity index (χ1n) is 9.46. The first kappa shape index (κ1) is 22.3. The summed E-state index contributed by atoms with van der Waals surface area (Å²) in [5, 5.41) is 0. The van der Waals surface area contributed by atoms with Crippen LogP contribution < -0.4 is 0 Å². The Hall–Kier alpha value is -1.94. The van der Waals surface area contributed by atoms with E-state index in [-0.39, 0.29) is 5.75 Å². The van der Waals surface area contributed by atoms with Crippen LogP contribution in [0, 0.1) is 0 Å². The third-order valence-electron chi connectivity index (χ3n) is 4.86. The normalized spacial score (nSPS) is 16.2. The molecule has 0 unspecified atom stereocenters. The molecule has 0 aromatic heterocycles. The van der Waals surface area contributed by atoms with Gasteiger partial charge in [0, 0.05) is 25.3 Å². The van der Waals surface area contributed by atoms with E-state index in [1.165, 1.54) is 11.8 Å². The molecule has 0 spiro atoms. The van der Waals surface area contributed by atoms with Gasteiger partial charge in [-0.15, -0.1) is 0 Å². The van der Waals surface area contributed by atoms with Crippen molar-refractivity contribution in [1.82, 2.24) is 0 Å². The zero-order valence-corrected chi connectivity index (χ0v) is 18.7. The summed E-state index contributed by atoms with van der Waals surface area (Å²) in [5.74, 6) is 0.159. The van der Waals surface area contributed by atoms with Gasteiger partial charge in [0.2, 0.25) is 0 Å². The molecule has 0 aliphatic carbocycles. The van der Waals surface area contributed by atoms with Crippen molar-refractivity contribution in [3.8, 4) is 0 Å². The Morgan fingerprint density at radius 1 is 0.806 bits per heavy atom. The first-order valence-corrected chi connectivity index (χ1v) is 13.4. The molecule has 0 atom stereocenters. The molecule has 0 fully saturated rings. The summed E-state index contributed by atoms with van der Waals surface area (Å²) in [6, 6.07) is 23.5. The highest BCUT2D eigenvalue weighted by Crippen LogP contribution is 2.72. The van der Waals surface area contributed by atoms with Crippen LogP contribution >= 0.6 is 22.1 Å². The maximum Gasteiger partial charge on any atom is 0.523 e.